The van der Waals surface area contributed by atoms with Crippen LogP contribution in [0.15, 0.2) is 53.4 Å². The third-order valence-electron chi connectivity index (χ3n) is 6.35. The maximum absolute atomic E-state index is 13.1. The third-order valence-corrected chi connectivity index (χ3v) is 8.06. The number of sulfonamides is 1. The molecular formula is C25H32ClNO4S. The van der Waals surface area contributed by atoms with Crippen LogP contribution in [0.25, 0.3) is 0 Å². The Hall–Kier alpha value is -1.89. The van der Waals surface area contributed by atoms with Crippen molar-refractivity contribution in [2.75, 3.05) is 7.11 Å². The van der Waals surface area contributed by atoms with Crippen LogP contribution in [0.5, 0.6) is 0 Å². The molecule has 0 radical (unpaired) electrons. The van der Waals surface area contributed by atoms with Gasteiger partial charge in [-0.05, 0) is 72.9 Å². The molecular weight excluding hydrogens is 446 g/mol. The number of ether oxygens (including phenoxy) is 1. The molecule has 1 aliphatic rings. The Morgan fingerprint density at radius 1 is 1.06 bits per heavy atom. The summed E-state index contributed by atoms with van der Waals surface area (Å²) in [5.74, 6) is 0.722. The minimum absolute atomic E-state index is 0.204. The number of esters is 1. The van der Waals surface area contributed by atoms with Crippen LogP contribution in [0.2, 0.25) is 5.02 Å². The van der Waals surface area contributed by atoms with Gasteiger partial charge in [-0.1, -0.05) is 55.6 Å². The van der Waals surface area contributed by atoms with Crippen LogP contribution in [0, 0.1) is 11.8 Å². The van der Waals surface area contributed by atoms with Crippen LogP contribution in [-0.2, 0) is 26.0 Å². The number of carbonyl (C=O) groups excluding carboxylic acids is 1. The Bertz CT molecular complexity index is 982. The summed E-state index contributed by atoms with van der Waals surface area (Å²) >= 11 is 5.93. The summed E-state index contributed by atoms with van der Waals surface area (Å²) in [6, 6.07) is 14.1. The standard InChI is InChI=1S/C25H32ClNO4S/c1-18-6-10-20(11-7-18)25(27-32(29,30)23-16-14-22(26)15-17-23)21-12-8-19(9-13-21)4-3-5-24(28)31-2/h8-9,12-18,20,25,27H,3-7,10-11H2,1-2H3. The number of benzene rings is 2. The average Bonchev–Trinajstić information content (AvgIpc) is 2.79. The predicted octanol–water partition coefficient (Wildman–Crippen LogP) is 5.68. The molecule has 3 rings (SSSR count). The lowest BCUT2D eigenvalue weighted by Gasteiger charge is -2.33. The van der Waals surface area contributed by atoms with Crippen LogP contribution in [0.1, 0.15) is 62.6 Å². The second kappa shape index (κ2) is 11.3. The number of nitrogens with one attached hydrogen (secondary N) is 1. The first kappa shape index (κ1) is 24.7. The topological polar surface area (TPSA) is 72.5 Å². The third kappa shape index (κ3) is 6.80. The lowest BCUT2D eigenvalue weighted by Crippen LogP contribution is -2.35. The molecule has 0 heterocycles. The van der Waals surface area contributed by atoms with Crippen molar-refractivity contribution in [2.45, 2.75) is 62.8 Å². The molecule has 7 heteroatoms. The second-order valence-corrected chi connectivity index (χ2v) is 10.9. The van der Waals surface area contributed by atoms with Crippen molar-refractivity contribution in [3.05, 3.63) is 64.7 Å². The molecule has 32 heavy (non-hydrogen) atoms. The molecule has 0 aromatic heterocycles. The lowest BCUT2D eigenvalue weighted by atomic mass is 9.77. The summed E-state index contributed by atoms with van der Waals surface area (Å²) in [5.41, 5.74) is 2.09. The molecule has 0 bridgehead atoms. The van der Waals surface area contributed by atoms with Crippen LogP contribution in [0.3, 0.4) is 0 Å². The smallest absolute Gasteiger partial charge is 0.305 e. The number of aryl methyl sites for hydroxylation is 1. The minimum atomic E-state index is -3.68. The van der Waals surface area contributed by atoms with Crippen molar-refractivity contribution < 1.29 is 17.9 Å². The maximum Gasteiger partial charge on any atom is 0.305 e. The van der Waals surface area contributed by atoms with Gasteiger partial charge in [-0.25, -0.2) is 13.1 Å². The fourth-order valence-electron chi connectivity index (χ4n) is 4.34. The molecule has 0 aliphatic heterocycles. The molecule has 5 nitrogen and oxygen atoms in total. The van der Waals surface area contributed by atoms with Crippen molar-refractivity contribution in [1.29, 1.82) is 0 Å². The van der Waals surface area contributed by atoms with Gasteiger partial charge >= 0.3 is 5.97 Å². The summed E-state index contributed by atoms with van der Waals surface area (Å²) < 4.78 is 33.9. The second-order valence-electron chi connectivity index (χ2n) is 8.74. The quantitative estimate of drug-likeness (QED) is 0.471. The lowest BCUT2D eigenvalue weighted by molar-refractivity contribution is -0.140. The van der Waals surface area contributed by atoms with E-state index >= 15 is 0 Å². The van der Waals surface area contributed by atoms with E-state index in [0.717, 1.165) is 49.7 Å². The van der Waals surface area contributed by atoms with E-state index in [-0.39, 0.29) is 22.8 Å². The highest BCUT2D eigenvalue weighted by atomic mass is 35.5. The Morgan fingerprint density at radius 2 is 1.69 bits per heavy atom. The summed E-state index contributed by atoms with van der Waals surface area (Å²) in [7, 11) is -2.29. The fraction of sp³-hybridized carbons (Fsp3) is 0.480. The first-order valence-electron chi connectivity index (χ1n) is 11.2. The molecule has 1 saturated carbocycles. The van der Waals surface area contributed by atoms with Crippen molar-refractivity contribution >= 4 is 27.6 Å². The van der Waals surface area contributed by atoms with E-state index in [1.807, 2.05) is 24.3 Å². The molecule has 1 unspecified atom stereocenters. The van der Waals surface area contributed by atoms with E-state index in [1.54, 1.807) is 12.1 Å². The molecule has 1 N–H and O–H groups in total. The van der Waals surface area contributed by atoms with Gasteiger partial charge in [0.15, 0.2) is 0 Å². The van der Waals surface area contributed by atoms with Crippen LogP contribution < -0.4 is 4.72 Å². The molecule has 174 valence electrons. The van der Waals surface area contributed by atoms with Crippen molar-refractivity contribution in [1.82, 2.24) is 4.72 Å². The van der Waals surface area contributed by atoms with Gasteiger partial charge in [-0.3, -0.25) is 4.79 Å². The van der Waals surface area contributed by atoms with Gasteiger partial charge in [0, 0.05) is 17.5 Å². The van der Waals surface area contributed by atoms with Crippen molar-refractivity contribution in [3.8, 4) is 0 Å². The van der Waals surface area contributed by atoms with Crippen LogP contribution in [-0.4, -0.2) is 21.5 Å². The number of carbonyl (C=O) groups is 1. The maximum atomic E-state index is 13.1. The van der Waals surface area contributed by atoms with E-state index in [0.29, 0.717) is 17.4 Å². The highest BCUT2D eigenvalue weighted by molar-refractivity contribution is 7.89. The van der Waals surface area contributed by atoms with Gasteiger partial charge in [0.25, 0.3) is 0 Å². The Balaban J connectivity index is 1.78. The van der Waals surface area contributed by atoms with Gasteiger partial charge in [0.05, 0.1) is 12.0 Å². The number of halogens is 1. The number of rotatable bonds is 9. The van der Waals surface area contributed by atoms with Gasteiger partial charge in [-0.2, -0.15) is 0 Å². The normalized spacial score (nSPS) is 20.0. The van der Waals surface area contributed by atoms with E-state index in [9.17, 15) is 13.2 Å². The molecule has 2 aromatic carbocycles. The zero-order valence-electron chi connectivity index (χ0n) is 18.7. The fourth-order valence-corrected chi connectivity index (χ4v) is 5.75. The Labute approximate surface area is 196 Å². The van der Waals surface area contributed by atoms with E-state index in [1.165, 1.54) is 19.2 Å². The molecule has 0 spiro atoms. The van der Waals surface area contributed by atoms with Crippen molar-refractivity contribution in [2.24, 2.45) is 11.8 Å². The van der Waals surface area contributed by atoms with E-state index in [4.69, 9.17) is 16.3 Å². The zero-order valence-corrected chi connectivity index (χ0v) is 20.3. The molecule has 1 atom stereocenters. The summed E-state index contributed by atoms with van der Waals surface area (Å²) in [6.45, 7) is 2.26. The number of hydrogen-bond acceptors (Lipinski definition) is 4. The Morgan fingerprint density at radius 3 is 2.28 bits per heavy atom. The first-order chi connectivity index (χ1) is 15.3. The number of hydrogen-bond donors (Lipinski definition) is 1. The average molecular weight is 478 g/mol. The predicted molar refractivity (Wildman–Crippen MR) is 127 cm³/mol. The summed E-state index contributed by atoms with van der Waals surface area (Å²) in [4.78, 5) is 11.5. The largest absolute Gasteiger partial charge is 0.469 e. The van der Waals surface area contributed by atoms with E-state index < -0.39 is 10.0 Å². The summed E-state index contributed by atoms with van der Waals surface area (Å²) in [5, 5.41) is 0.504. The molecule has 1 fully saturated rings. The highest BCUT2D eigenvalue weighted by Crippen LogP contribution is 2.37. The van der Waals surface area contributed by atoms with Crippen LogP contribution in [0.4, 0.5) is 0 Å². The highest BCUT2D eigenvalue weighted by Gasteiger charge is 2.31. The minimum Gasteiger partial charge on any atom is -0.469 e. The first-order valence-corrected chi connectivity index (χ1v) is 13.1. The summed E-state index contributed by atoms with van der Waals surface area (Å²) in [6.07, 6.45) is 6.09. The van der Waals surface area contributed by atoms with Gasteiger partial charge in [0.2, 0.25) is 10.0 Å². The zero-order chi connectivity index (χ0) is 23.1. The molecule has 2 aromatic rings. The number of methoxy groups -OCH3 is 1. The van der Waals surface area contributed by atoms with Crippen molar-refractivity contribution in [3.63, 3.8) is 0 Å². The molecule has 1 aliphatic carbocycles. The molecule has 0 amide bonds. The van der Waals surface area contributed by atoms with Gasteiger partial charge in [-0.15, -0.1) is 0 Å². The van der Waals surface area contributed by atoms with Gasteiger partial charge in [0.1, 0.15) is 0 Å². The Kier molecular flexibility index (Phi) is 8.74. The molecule has 0 saturated heterocycles. The monoisotopic (exact) mass is 477 g/mol. The van der Waals surface area contributed by atoms with Crippen LogP contribution >= 0.6 is 11.6 Å². The van der Waals surface area contributed by atoms with Gasteiger partial charge < -0.3 is 4.74 Å². The SMILES string of the molecule is COC(=O)CCCc1ccc(C(NS(=O)(=O)c2ccc(Cl)cc2)C2CCC(C)CC2)cc1. The van der Waals surface area contributed by atoms with E-state index in [2.05, 4.69) is 11.6 Å².